The fourth-order valence-corrected chi connectivity index (χ4v) is 3.01. The predicted octanol–water partition coefficient (Wildman–Crippen LogP) is 4.42. The van der Waals surface area contributed by atoms with Crippen molar-refractivity contribution in [2.24, 2.45) is 0 Å². The van der Waals surface area contributed by atoms with E-state index in [1.54, 1.807) is 31.3 Å². The molecule has 1 amide bonds. The Kier molecular flexibility index (Phi) is 3.27. The van der Waals surface area contributed by atoms with Gasteiger partial charge in [0.15, 0.2) is 0 Å². The van der Waals surface area contributed by atoms with Crippen molar-refractivity contribution in [2.75, 3.05) is 5.32 Å². The highest BCUT2D eigenvalue weighted by Crippen LogP contribution is 2.27. The van der Waals surface area contributed by atoms with Crippen molar-refractivity contribution in [3.05, 3.63) is 71.8 Å². The number of aryl methyl sites for hydroxylation is 1. The standard InChI is InChI=1S/C19H14FN3O/c1-11-16(17-13(20)7-3-8-14(17)22-11)19(24)23-15-9-2-5-12-6-4-10-21-18(12)15/h2-10,22H,1H3,(H,23,24). The zero-order valence-corrected chi connectivity index (χ0v) is 12.9. The second-order valence-corrected chi connectivity index (χ2v) is 5.62. The zero-order valence-electron chi connectivity index (χ0n) is 12.9. The number of amides is 1. The van der Waals surface area contributed by atoms with Crippen molar-refractivity contribution in [3.8, 4) is 0 Å². The monoisotopic (exact) mass is 319 g/mol. The van der Waals surface area contributed by atoms with Gasteiger partial charge < -0.3 is 10.3 Å². The lowest BCUT2D eigenvalue weighted by Gasteiger charge is -2.08. The van der Waals surface area contributed by atoms with Crippen molar-refractivity contribution < 1.29 is 9.18 Å². The molecule has 4 aromatic rings. The average Bonchev–Trinajstić information content (AvgIpc) is 2.92. The van der Waals surface area contributed by atoms with Crippen LogP contribution in [0.25, 0.3) is 21.8 Å². The highest BCUT2D eigenvalue weighted by molar-refractivity contribution is 6.15. The van der Waals surface area contributed by atoms with Gasteiger partial charge in [-0.25, -0.2) is 4.39 Å². The van der Waals surface area contributed by atoms with Crippen LogP contribution in [0.5, 0.6) is 0 Å². The molecule has 24 heavy (non-hydrogen) atoms. The smallest absolute Gasteiger partial charge is 0.258 e. The minimum Gasteiger partial charge on any atom is -0.358 e. The van der Waals surface area contributed by atoms with Crippen LogP contribution < -0.4 is 5.32 Å². The topological polar surface area (TPSA) is 57.8 Å². The molecule has 2 N–H and O–H groups in total. The second kappa shape index (κ2) is 5.45. The number of benzene rings is 2. The SMILES string of the molecule is Cc1[nH]c2cccc(F)c2c1C(=O)Nc1cccc2cccnc12. The molecule has 0 radical (unpaired) electrons. The van der Waals surface area contributed by atoms with Crippen molar-refractivity contribution >= 4 is 33.4 Å². The molecule has 0 saturated carbocycles. The van der Waals surface area contributed by atoms with Crippen LogP contribution in [0.15, 0.2) is 54.7 Å². The Morgan fingerprint density at radius 1 is 1.12 bits per heavy atom. The summed E-state index contributed by atoms with van der Waals surface area (Å²) in [6.07, 6.45) is 1.68. The van der Waals surface area contributed by atoms with Gasteiger partial charge in [-0.15, -0.1) is 0 Å². The van der Waals surface area contributed by atoms with Crippen molar-refractivity contribution in [2.45, 2.75) is 6.92 Å². The van der Waals surface area contributed by atoms with E-state index in [0.29, 0.717) is 33.4 Å². The van der Waals surface area contributed by atoms with Gasteiger partial charge in [0.1, 0.15) is 5.82 Å². The Hall–Kier alpha value is -3.21. The van der Waals surface area contributed by atoms with Crippen LogP contribution in [0.2, 0.25) is 0 Å². The summed E-state index contributed by atoms with van der Waals surface area (Å²) in [5.41, 5.74) is 2.85. The highest BCUT2D eigenvalue weighted by atomic mass is 19.1. The first-order valence-electron chi connectivity index (χ1n) is 7.57. The molecular weight excluding hydrogens is 305 g/mol. The molecule has 0 aliphatic carbocycles. The normalized spacial score (nSPS) is 11.1. The Morgan fingerprint density at radius 2 is 1.92 bits per heavy atom. The van der Waals surface area contributed by atoms with Crippen molar-refractivity contribution in [3.63, 3.8) is 0 Å². The number of halogens is 1. The molecule has 0 spiro atoms. The molecule has 0 atom stereocenters. The molecule has 2 aromatic heterocycles. The summed E-state index contributed by atoms with van der Waals surface area (Å²) in [5.74, 6) is -0.778. The molecule has 2 aromatic carbocycles. The third kappa shape index (κ3) is 2.22. The minimum absolute atomic E-state index is 0.306. The number of pyridine rings is 1. The molecule has 0 aliphatic heterocycles. The summed E-state index contributed by atoms with van der Waals surface area (Å²) in [6.45, 7) is 1.76. The van der Waals surface area contributed by atoms with Gasteiger partial charge >= 0.3 is 0 Å². The van der Waals surface area contributed by atoms with Crippen molar-refractivity contribution in [1.29, 1.82) is 0 Å². The number of hydrogen-bond donors (Lipinski definition) is 2. The number of aromatic nitrogens is 2. The number of aromatic amines is 1. The number of anilines is 1. The maximum Gasteiger partial charge on any atom is 0.258 e. The number of nitrogens with one attached hydrogen (secondary N) is 2. The molecule has 2 heterocycles. The lowest BCUT2D eigenvalue weighted by atomic mass is 10.1. The van der Waals surface area contributed by atoms with E-state index in [1.807, 2.05) is 24.3 Å². The predicted molar refractivity (Wildman–Crippen MR) is 92.7 cm³/mol. The van der Waals surface area contributed by atoms with Gasteiger partial charge in [0.2, 0.25) is 0 Å². The van der Waals surface area contributed by atoms with E-state index in [4.69, 9.17) is 0 Å². The number of nitrogens with zero attached hydrogens (tertiary/aromatic N) is 1. The van der Waals surface area contributed by atoms with E-state index in [2.05, 4.69) is 15.3 Å². The van der Waals surface area contributed by atoms with E-state index < -0.39 is 5.82 Å². The number of hydrogen-bond acceptors (Lipinski definition) is 2. The number of carbonyl (C=O) groups is 1. The molecule has 0 aliphatic rings. The molecule has 0 saturated heterocycles. The number of carbonyl (C=O) groups excluding carboxylic acids is 1. The molecule has 4 nitrogen and oxygen atoms in total. The number of para-hydroxylation sites is 1. The molecule has 4 rings (SSSR count). The van der Waals surface area contributed by atoms with Crippen molar-refractivity contribution in [1.82, 2.24) is 9.97 Å². The van der Waals surface area contributed by atoms with E-state index in [0.717, 1.165) is 5.39 Å². The summed E-state index contributed by atoms with van der Waals surface area (Å²) < 4.78 is 14.2. The molecule has 118 valence electrons. The number of rotatable bonds is 2. The summed E-state index contributed by atoms with van der Waals surface area (Å²) >= 11 is 0. The quantitative estimate of drug-likeness (QED) is 0.575. The van der Waals surface area contributed by atoms with Gasteiger partial charge in [0, 0.05) is 28.2 Å². The lowest BCUT2D eigenvalue weighted by Crippen LogP contribution is -2.13. The molecule has 5 heteroatoms. The zero-order chi connectivity index (χ0) is 16.7. The van der Waals surface area contributed by atoms with Crippen LogP contribution in [0.3, 0.4) is 0 Å². The Balaban J connectivity index is 1.81. The summed E-state index contributed by atoms with van der Waals surface area (Å²) in [5, 5.41) is 4.09. The van der Waals surface area contributed by atoms with E-state index in [-0.39, 0.29) is 5.91 Å². The molecule has 0 bridgehead atoms. The summed E-state index contributed by atoms with van der Waals surface area (Å²) in [4.78, 5) is 20.2. The van der Waals surface area contributed by atoms with Gasteiger partial charge in [-0.05, 0) is 31.2 Å². The summed E-state index contributed by atoms with van der Waals surface area (Å²) in [6, 6.07) is 14.0. The largest absolute Gasteiger partial charge is 0.358 e. The average molecular weight is 319 g/mol. The fraction of sp³-hybridized carbons (Fsp3) is 0.0526. The van der Waals surface area contributed by atoms with Crippen LogP contribution in [0.4, 0.5) is 10.1 Å². The van der Waals surface area contributed by atoms with Gasteiger partial charge in [0.25, 0.3) is 5.91 Å². The second-order valence-electron chi connectivity index (χ2n) is 5.62. The maximum atomic E-state index is 14.2. The van der Waals surface area contributed by atoms with E-state index in [9.17, 15) is 9.18 Å². The van der Waals surface area contributed by atoms with Gasteiger partial charge in [-0.1, -0.05) is 24.3 Å². The summed E-state index contributed by atoms with van der Waals surface area (Å²) in [7, 11) is 0. The Labute approximate surface area is 137 Å². The van der Waals surface area contributed by atoms with Gasteiger partial charge in [-0.3, -0.25) is 9.78 Å². The third-order valence-electron chi connectivity index (χ3n) is 4.07. The van der Waals surface area contributed by atoms with Gasteiger partial charge in [0.05, 0.1) is 16.8 Å². The Bertz CT molecular complexity index is 1080. The highest BCUT2D eigenvalue weighted by Gasteiger charge is 2.19. The first kappa shape index (κ1) is 14.4. The molecular formula is C19H14FN3O. The molecule has 0 unspecified atom stereocenters. The van der Waals surface area contributed by atoms with Crippen LogP contribution in [-0.2, 0) is 0 Å². The van der Waals surface area contributed by atoms with E-state index >= 15 is 0 Å². The number of H-pyrrole nitrogens is 1. The van der Waals surface area contributed by atoms with Crippen LogP contribution in [-0.4, -0.2) is 15.9 Å². The fourth-order valence-electron chi connectivity index (χ4n) is 3.01. The van der Waals surface area contributed by atoms with E-state index in [1.165, 1.54) is 6.07 Å². The minimum atomic E-state index is -0.418. The number of fused-ring (bicyclic) bond motifs is 2. The van der Waals surface area contributed by atoms with Crippen LogP contribution in [0, 0.1) is 12.7 Å². The first-order valence-corrected chi connectivity index (χ1v) is 7.57. The van der Waals surface area contributed by atoms with Crippen LogP contribution in [0.1, 0.15) is 16.1 Å². The third-order valence-corrected chi connectivity index (χ3v) is 4.07. The maximum absolute atomic E-state index is 14.2. The first-order chi connectivity index (χ1) is 11.6. The molecule has 0 fully saturated rings. The Morgan fingerprint density at radius 3 is 2.79 bits per heavy atom. The van der Waals surface area contributed by atoms with Crippen LogP contribution >= 0.6 is 0 Å². The lowest BCUT2D eigenvalue weighted by molar-refractivity contribution is 0.102. The van der Waals surface area contributed by atoms with Gasteiger partial charge in [-0.2, -0.15) is 0 Å².